The predicted octanol–water partition coefficient (Wildman–Crippen LogP) is 1.91. The summed E-state index contributed by atoms with van der Waals surface area (Å²) in [5.41, 5.74) is -0.471. The summed E-state index contributed by atoms with van der Waals surface area (Å²) in [7, 11) is 0. The zero-order valence-electron chi connectivity index (χ0n) is 12.1. The maximum atomic E-state index is 12.0. The van der Waals surface area contributed by atoms with Gasteiger partial charge in [-0.25, -0.2) is 4.79 Å². The Bertz CT molecular complexity index is 358. The Hall–Kier alpha value is -1.26. The van der Waals surface area contributed by atoms with Crippen LogP contribution in [0.25, 0.3) is 0 Å². The number of piperidine rings is 1. The molecule has 0 radical (unpaired) electrons. The van der Waals surface area contributed by atoms with Crippen molar-refractivity contribution in [1.82, 2.24) is 10.2 Å². The normalized spacial score (nSPS) is 23.9. The van der Waals surface area contributed by atoms with E-state index in [1.54, 1.807) is 4.90 Å². The summed E-state index contributed by atoms with van der Waals surface area (Å²) in [5, 5.41) is 3.04. The number of hydrogen-bond acceptors (Lipinski definition) is 3. The van der Waals surface area contributed by atoms with E-state index in [9.17, 15) is 9.59 Å². The quantitative estimate of drug-likeness (QED) is 0.832. The largest absolute Gasteiger partial charge is 0.444 e. The third-order valence-electron chi connectivity index (χ3n) is 3.37. The lowest BCUT2D eigenvalue weighted by Gasteiger charge is -2.34. The minimum Gasteiger partial charge on any atom is -0.444 e. The number of carbonyl (C=O) groups is 2. The highest BCUT2D eigenvalue weighted by Gasteiger charge is 2.33. The van der Waals surface area contributed by atoms with E-state index in [1.807, 2.05) is 20.8 Å². The molecular formula is C14H24N2O3. The standard InChI is InChI=1S/C14H24N2O3/c1-14(2,3)19-13(18)16-8-4-5-11(9-16)15-12(17)10-6-7-10/h10-11H,4-9H2,1-3H3,(H,15,17)/t11-/m0/s1. The van der Waals surface area contributed by atoms with E-state index in [2.05, 4.69) is 5.32 Å². The lowest BCUT2D eigenvalue weighted by molar-refractivity contribution is -0.123. The Morgan fingerprint density at radius 2 is 1.89 bits per heavy atom. The van der Waals surface area contributed by atoms with Crippen LogP contribution in [-0.2, 0) is 9.53 Å². The number of rotatable bonds is 2. The van der Waals surface area contributed by atoms with Crippen molar-refractivity contribution < 1.29 is 14.3 Å². The van der Waals surface area contributed by atoms with Crippen LogP contribution in [0.15, 0.2) is 0 Å². The molecule has 2 amide bonds. The van der Waals surface area contributed by atoms with Crippen LogP contribution in [0.4, 0.5) is 4.79 Å². The molecule has 0 spiro atoms. The first-order valence-electron chi connectivity index (χ1n) is 7.13. The molecule has 1 saturated heterocycles. The van der Waals surface area contributed by atoms with Gasteiger partial charge in [0.05, 0.1) is 0 Å². The summed E-state index contributed by atoms with van der Waals surface area (Å²) in [5.74, 6) is 0.368. The van der Waals surface area contributed by atoms with Gasteiger partial charge in [-0.2, -0.15) is 0 Å². The summed E-state index contributed by atoms with van der Waals surface area (Å²) >= 11 is 0. The maximum absolute atomic E-state index is 12.0. The Labute approximate surface area is 114 Å². The van der Waals surface area contributed by atoms with Gasteiger partial charge in [0.2, 0.25) is 5.91 Å². The molecule has 1 heterocycles. The van der Waals surface area contributed by atoms with E-state index in [4.69, 9.17) is 4.74 Å². The van der Waals surface area contributed by atoms with Crippen molar-refractivity contribution in [3.05, 3.63) is 0 Å². The summed E-state index contributed by atoms with van der Waals surface area (Å²) in [6.45, 7) is 6.86. The minimum atomic E-state index is -0.471. The Morgan fingerprint density at radius 1 is 1.21 bits per heavy atom. The van der Waals surface area contributed by atoms with Crippen LogP contribution in [0.3, 0.4) is 0 Å². The molecule has 5 nitrogen and oxygen atoms in total. The molecule has 1 aliphatic carbocycles. The molecule has 0 bridgehead atoms. The zero-order chi connectivity index (χ0) is 14.0. The highest BCUT2D eigenvalue weighted by atomic mass is 16.6. The average Bonchev–Trinajstić information content (AvgIpc) is 3.10. The minimum absolute atomic E-state index is 0.0781. The second-order valence-corrected chi connectivity index (χ2v) is 6.55. The molecule has 2 fully saturated rings. The molecule has 2 rings (SSSR count). The molecule has 0 aromatic heterocycles. The molecule has 0 aromatic carbocycles. The van der Waals surface area contributed by atoms with Gasteiger partial charge in [-0.05, 0) is 46.5 Å². The first-order chi connectivity index (χ1) is 8.85. The van der Waals surface area contributed by atoms with Crippen molar-refractivity contribution in [2.75, 3.05) is 13.1 Å². The Balaban J connectivity index is 1.82. The van der Waals surface area contributed by atoms with Crippen LogP contribution >= 0.6 is 0 Å². The smallest absolute Gasteiger partial charge is 0.410 e. The molecule has 0 aromatic rings. The van der Waals surface area contributed by atoms with Crippen molar-refractivity contribution in [2.45, 2.75) is 58.1 Å². The first kappa shape index (κ1) is 14.2. The summed E-state index contributed by atoms with van der Waals surface area (Å²) in [4.78, 5) is 25.4. The van der Waals surface area contributed by atoms with Crippen molar-refractivity contribution in [2.24, 2.45) is 5.92 Å². The molecule has 1 aliphatic heterocycles. The fourth-order valence-corrected chi connectivity index (χ4v) is 2.25. The van der Waals surface area contributed by atoms with Gasteiger partial charge in [-0.3, -0.25) is 4.79 Å². The Kier molecular flexibility index (Phi) is 4.02. The molecule has 108 valence electrons. The maximum Gasteiger partial charge on any atom is 0.410 e. The fraction of sp³-hybridized carbons (Fsp3) is 0.857. The first-order valence-corrected chi connectivity index (χ1v) is 7.13. The van der Waals surface area contributed by atoms with Gasteiger partial charge in [0.25, 0.3) is 0 Å². The van der Waals surface area contributed by atoms with Crippen molar-refractivity contribution >= 4 is 12.0 Å². The van der Waals surface area contributed by atoms with Crippen LogP contribution in [0.2, 0.25) is 0 Å². The average molecular weight is 268 g/mol. The van der Waals surface area contributed by atoms with Gasteiger partial charge in [0.15, 0.2) is 0 Å². The van der Waals surface area contributed by atoms with Crippen LogP contribution in [0.5, 0.6) is 0 Å². The number of amides is 2. The number of likely N-dealkylation sites (tertiary alicyclic amines) is 1. The SMILES string of the molecule is CC(C)(C)OC(=O)N1CCC[C@H](NC(=O)C2CC2)C1. The lowest BCUT2D eigenvalue weighted by Crippen LogP contribution is -2.51. The molecule has 2 aliphatic rings. The van der Waals surface area contributed by atoms with Crippen molar-refractivity contribution in [1.29, 1.82) is 0 Å². The molecule has 1 saturated carbocycles. The number of carbonyl (C=O) groups excluding carboxylic acids is 2. The zero-order valence-corrected chi connectivity index (χ0v) is 12.1. The van der Waals surface area contributed by atoms with E-state index < -0.39 is 5.60 Å². The second kappa shape index (κ2) is 5.39. The third kappa shape index (κ3) is 4.40. The predicted molar refractivity (Wildman–Crippen MR) is 71.7 cm³/mol. The van der Waals surface area contributed by atoms with Gasteiger partial charge in [-0.15, -0.1) is 0 Å². The van der Waals surface area contributed by atoms with Gasteiger partial charge in [0, 0.05) is 25.0 Å². The van der Waals surface area contributed by atoms with E-state index in [-0.39, 0.29) is 24.0 Å². The fourth-order valence-electron chi connectivity index (χ4n) is 2.25. The van der Waals surface area contributed by atoms with Crippen molar-refractivity contribution in [3.63, 3.8) is 0 Å². The highest BCUT2D eigenvalue weighted by Crippen LogP contribution is 2.29. The number of nitrogens with one attached hydrogen (secondary N) is 1. The van der Waals surface area contributed by atoms with Crippen LogP contribution in [0, 0.1) is 5.92 Å². The van der Waals surface area contributed by atoms with E-state index in [1.165, 1.54) is 0 Å². The van der Waals surface area contributed by atoms with Gasteiger partial charge < -0.3 is 15.0 Å². The van der Waals surface area contributed by atoms with Gasteiger partial charge >= 0.3 is 6.09 Å². The van der Waals surface area contributed by atoms with Gasteiger partial charge in [0.1, 0.15) is 5.60 Å². The van der Waals surface area contributed by atoms with Crippen molar-refractivity contribution in [3.8, 4) is 0 Å². The molecule has 1 N–H and O–H groups in total. The molecule has 1 atom stereocenters. The molecule has 0 unspecified atom stereocenters. The summed E-state index contributed by atoms with van der Waals surface area (Å²) in [6, 6.07) is 0.0781. The second-order valence-electron chi connectivity index (χ2n) is 6.55. The van der Waals surface area contributed by atoms with E-state index in [0.29, 0.717) is 13.1 Å². The molecule has 5 heteroatoms. The molecular weight excluding hydrogens is 244 g/mol. The van der Waals surface area contributed by atoms with Gasteiger partial charge in [-0.1, -0.05) is 0 Å². The van der Waals surface area contributed by atoms with E-state index in [0.717, 1.165) is 25.7 Å². The Morgan fingerprint density at radius 3 is 2.47 bits per heavy atom. The highest BCUT2D eigenvalue weighted by molar-refractivity contribution is 5.81. The van der Waals surface area contributed by atoms with Crippen LogP contribution < -0.4 is 5.32 Å². The molecule has 19 heavy (non-hydrogen) atoms. The third-order valence-corrected chi connectivity index (χ3v) is 3.37. The van der Waals surface area contributed by atoms with Crippen LogP contribution in [0.1, 0.15) is 46.5 Å². The number of hydrogen-bond donors (Lipinski definition) is 1. The van der Waals surface area contributed by atoms with Crippen LogP contribution in [-0.4, -0.2) is 41.6 Å². The number of nitrogens with zero attached hydrogens (tertiary/aromatic N) is 1. The number of ether oxygens (including phenoxy) is 1. The summed E-state index contributed by atoms with van der Waals surface area (Å²) < 4.78 is 5.36. The lowest BCUT2D eigenvalue weighted by atomic mass is 10.1. The topological polar surface area (TPSA) is 58.6 Å². The monoisotopic (exact) mass is 268 g/mol. The summed E-state index contributed by atoms with van der Waals surface area (Å²) in [6.07, 6.45) is 3.59. The van der Waals surface area contributed by atoms with E-state index >= 15 is 0 Å².